The fourth-order valence-electron chi connectivity index (χ4n) is 2.28. The average Bonchev–Trinajstić information content (AvgIpc) is 2.44. The fourth-order valence-corrected chi connectivity index (χ4v) is 2.55. The molecule has 0 aromatic rings. The summed E-state index contributed by atoms with van der Waals surface area (Å²) >= 11 is 6.35. The number of rotatable bonds is 6. The molecule has 0 radical (unpaired) electrons. The van der Waals surface area contributed by atoms with Crippen molar-refractivity contribution >= 4 is 17.6 Å². The van der Waals surface area contributed by atoms with E-state index in [9.17, 15) is 9.90 Å². The standard InChI is InChI=1S/C13H19ClO5/c1-5-10(14)13(19-4)7-8(12(15)16)6-9(17-2)11(13)18-3/h6,10H,5,7H2,1-4H3,(H,15,16). The van der Waals surface area contributed by atoms with Gasteiger partial charge in [0.15, 0.2) is 11.5 Å². The molecule has 0 fully saturated rings. The van der Waals surface area contributed by atoms with E-state index in [0.717, 1.165) is 0 Å². The Labute approximate surface area is 117 Å². The summed E-state index contributed by atoms with van der Waals surface area (Å²) in [6, 6.07) is 0. The molecule has 0 heterocycles. The van der Waals surface area contributed by atoms with Gasteiger partial charge < -0.3 is 19.3 Å². The van der Waals surface area contributed by atoms with Gasteiger partial charge in [-0.15, -0.1) is 11.6 Å². The van der Waals surface area contributed by atoms with E-state index in [1.165, 1.54) is 27.4 Å². The van der Waals surface area contributed by atoms with E-state index in [1.807, 2.05) is 6.92 Å². The lowest BCUT2D eigenvalue weighted by molar-refractivity contribution is -0.134. The van der Waals surface area contributed by atoms with Crippen LogP contribution in [0.1, 0.15) is 19.8 Å². The lowest BCUT2D eigenvalue weighted by atomic mass is 9.83. The summed E-state index contributed by atoms with van der Waals surface area (Å²) in [4.78, 5) is 11.2. The van der Waals surface area contributed by atoms with Crippen LogP contribution in [-0.4, -0.2) is 43.4 Å². The zero-order chi connectivity index (χ0) is 14.6. The normalized spacial score (nSPS) is 24.8. The molecule has 1 aliphatic carbocycles. The van der Waals surface area contributed by atoms with Crippen LogP contribution in [-0.2, 0) is 19.0 Å². The molecule has 0 aliphatic heterocycles. The van der Waals surface area contributed by atoms with Gasteiger partial charge in [-0.25, -0.2) is 4.79 Å². The first-order valence-electron chi connectivity index (χ1n) is 5.92. The van der Waals surface area contributed by atoms with Crippen molar-refractivity contribution in [3.63, 3.8) is 0 Å². The Kier molecular flexibility index (Phi) is 5.26. The van der Waals surface area contributed by atoms with E-state index in [4.69, 9.17) is 25.8 Å². The van der Waals surface area contributed by atoms with E-state index in [2.05, 4.69) is 0 Å². The molecule has 0 aromatic heterocycles. The summed E-state index contributed by atoms with van der Waals surface area (Å²) in [5.41, 5.74) is -0.850. The monoisotopic (exact) mass is 290 g/mol. The molecular formula is C13H19ClO5. The highest BCUT2D eigenvalue weighted by Crippen LogP contribution is 2.42. The van der Waals surface area contributed by atoms with Crippen LogP contribution < -0.4 is 0 Å². The molecule has 0 bridgehead atoms. The minimum absolute atomic E-state index is 0.136. The molecule has 108 valence electrons. The lowest BCUT2D eigenvalue weighted by Crippen LogP contribution is -2.46. The van der Waals surface area contributed by atoms with Crippen molar-refractivity contribution in [2.75, 3.05) is 21.3 Å². The summed E-state index contributed by atoms with van der Waals surface area (Å²) in [5.74, 6) is -0.275. The van der Waals surface area contributed by atoms with Crippen LogP contribution in [0, 0.1) is 0 Å². The molecule has 0 amide bonds. The maximum atomic E-state index is 11.2. The highest BCUT2D eigenvalue weighted by molar-refractivity contribution is 6.21. The molecule has 0 spiro atoms. The SMILES string of the molecule is CCC(Cl)C1(OC)CC(C(=O)O)=CC(OC)=C1OC. The minimum Gasteiger partial charge on any atom is -0.494 e. The molecule has 1 N–H and O–H groups in total. The first-order valence-corrected chi connectivity index (χ1v) is 6.36. The number of ether oxygens (including phenoxy) is 3. The van der Waals surface area contributed by atoms with Crippen LogP contribution in [0.3, 0.4) is 0 Å². The zero-order valence-electron chi connectivity index (χ0n) is 11.5. The molecule has 6 heteroatoms. The van der Waals surface area contributed by atoms with Crippen LogP contribution in [0.5, 0.6) is 0 Å². The maximum absolute atomic E-state index is 11.2. The van der Waals surface area contributed by atoms with Crippen molar-refractivity contribution in [3.05, 3.63) is 23.2 Å². The molecule has 5 nitrogen and oxygen atoms in total. The number of methoxy groups -OCH3 is 3. The number of carbonyl (C=O) groups is 1. The summed E-state index contributed by atoms with van der Waals surface area (Å²) in [7, 11) is 4.42. The summed E-state index contributed by atoms with van der Waals surface area (Å²) in [6.07, 6.45) is 2.18. The van der Waals surface area contributed by atoms with Gasteiger partial charge in [-0.05, 0) is 12.5 Å². The molecule has 0 saturated heterocycles. The van der Waals surface area contributed by atoms with Crippen molar-refractivity contribution in [1.82, 2.24) is 0 Å². The third kappa shape index (κ3) is 2.72. The van der Waals surface area contributed by atoms with Crippen LogP contribution in [0.25, 0.3) is 0 Å². The predicted molar refractivity (Wildman–Crippen MR) is 71.1 cm³/mol. The second-order valence-electron chi connectivity index (χ2n) is 4.22. The molecule has 19 heavy (non-hydrogen) atoms. The fraction of sp³-hybridized carbons (Fsp3) is 0.615. The second-order valence-corrected chi connectivity index (χ2v) is 4.75. The zero-order valence-corrected chi connectivity index (χ0v) is 12.3. The maximum Gasteiger partial charge on any atom is 0.331 e. The van der Waals surface area contributed by atoms with Crippen LogP contribution >= 0.6 is 11.6 Å². The summed E-state index contributed by atoms with van der Waals surface area (Å²) < 4.78 is 16.1. The van der Waals surface area contributed by atoms with Crippen LogP contribution in [0.4, 0.5) is 0 Å². The third-order valence-electron chi connectivity index (χ3n) is 3.29. The van der Waals surface area contributed by atoms with Crippen molar-refractivity contribution in [3.8, 4) is 0 Å². The van der Waals surface area contributed by atoms with Gasteiger partial charge in [0.2, 0.25) is 0 Å². The Balaban J connectivity index is 3.42. The quantitative estimate of drug-likeness (QED) is 0.761. The van der Waals surface area contributed by atoms with Gasteiger partial charge in [-0.1, -0.05) is 6.92 Å². The van der Waals surface area contributed by atoms with Gasteiger partial charge >= 0.3 is 5.97 Å². The topological polar surface area (TPSA) is 65.0 Å². The molecule has 1 aliphatic rings. The number of hydrogen-bond acceptors (Lipinski definition) is 4. The average molecular weight is 291 g/mol. The smallest absolute Gasteiger partial charge is 0.331 e. The number of carboxylic acids is 1. The third-order valence-corrected chi connectivity index (χ3v) is 3.96. The minimum atomic E-state index is -1.03. The number of allylic oxidation sites excluding steroid dienone is 1. The largest absolute Gasteiger partial charge is 0.494 e. The van der Waals surface area contributed by atoms with E-state index < -0.39 is 16.9 Å². The number of hydrogen-bond donors (Lipinski definition) is 1. The van der Waals surface area contributed by atoms with Gasteiger partial charge in [0.1, 0.15) is 5.60 Å². The van der Waals surface area contributed by atoms with Crippen molar-refractivity contribution < 1.29 is 24.1 Å². The first-order chi connectivity index (χ1) is 8.96. The van der Waals surface area contributed by atoms with E-state index in [0.29, 0.717) is 17.9 Å². The first kappa shape index (κ1) is 15.9. The number of carboxylic acid groups (broad SMARTS) is 1. The molecule has 1 rings (SSSR count). The van der Waals surface area contributed by atoms with Gasteiger partial charge in [-0.3, -0.25) is 0 Å². The molecule has 2 unspecified atom stereocenters. The van der Waals surface area contributed by atoms with Crippen molar-refractivity contribution in [2.45, 2.75) is 30.7 Å². The van der Waals surface area contributed by atoms with Crippen LogP contribution in [0.15, 0.2) is 23.2 Å². The predicted octanol–water partition coefficient (Wildman–Crippen LogP) is 2.31. The van der Waals surface area contributed by atoms with Crippen LogP contribution in [0.2, 0.25) is 0 Å². The van der Waals surface area contributed by atoms with Crippen molar-refractivity contribution in [1.29, 1.82) is 0 Å². The Morgan fingerprint density at radius 1 is 1.47 bits per heavy atom. The van der Waals surface area contributed by atoms with Crippen molar-refractivity contribution in [2.24, 2.45) is 0 Å². The van der Waals surface area contributed by atoms with E-state index in [1.54, 1.807) is 0 Å². The lowest BCUT2D eigenvalue weighted by Gasteiger charge is -2.39. The Morgan fingerprint density at radius 2 is 2.11 bits per heavy atom. The second kappa shape index (κ2) is 6.30. The number of alkyl halides is 1. The molecule has 0 saturated carbocycles. The van der Waals surface area contributed by atoms with E-state index >= 15 is 0 Å². The molecule has 0 aromatic carbocycles. The highest BCUT2D eigenvalue weighted by atomic mass is 35.5. The Bertz CT molecular complexity index is 415. The van der Waals surface area contributed by atoms with Gasteiger partial charge in [0.05, 0.1) is 19.6 Å². The number of halogens is 1. The van der Waals surface area contributed by atoms with Gasteiger partial charge in [0.25, 0.3) is 0 Å². The summed E-state index contributed by atoms with van der Waals surface area (Å²) in [5, 5.41) is 8.78. The Hall–Kier alpha value is -1.20. The summed E-state index contributed by atoms with van der Waals surface area (Å²) in [6.45, 7) is 1.90. The van der Waals surface area contributed by atoms with Gasteiger partial charge in [-0.2, -0.15) is 0 Å². The van der Waals surface area contributed by atoms with Gasteiger partial charge in [0, 0.05) is 19.1 Å². The molecular weight excluding hydrogens is 272 g/mol. The van der Waals surface area contributed by atoms with E-state index in [-0.39, 0.29) is 12.0 Å². The Morgan fingerprint density at radius 3 is 2.47 bits per heavy atom. The highest BCUT2D eigenvalue weighted by Gasteiger charge is 2.48. The number of aliphatic carboxylic acids is 1. The molecule has 2 atom stereocenters.